The molecule has 0 spiro atoms. The summed E-state index contributed by atoms with van der Waals surface area (Å²) in [6.07, 6.45) is 3.42. The van der Waals surface area contributed by atoms with Gasteiger partial charge in [-0.15, -0.1) is 0 Å². The second kappa shape index (κ2) is 9.54. The molecule has 1 amide bonds. The van der Waals surface area contributed by atoms with Crippen molar-refractivity contribution in [2.24, 2.45) is 5.92 Å². The SMILES string of the molecule is CSc1ncc(C(=O)NCC2CN(CC(C)C)CCO2)n1-c1ccc(F)cc1. The summed E-state index contributed by atoms with van der Waals surface area (Å²) in [5.41, 5.74) is 1.12. The van der Waals surface area contributed by atoms with Crippen molar-refractivity contribution in [2.75, 3.05) is 39.0 Å². The van der Waals surface area contributed by atoms with E-state index in [4.69, 9.17) is 4.74 Å². The van der Waals surface area contributed by atoms with Crippen LogP contribution < -0.4 is 5.32 Å². The third kappa shape index (κ3) is 5.12. The van der Waals surface area contributed by atoms with Gasteiger partial charge in [0.05, 0.1) is 18.9 Å². The highest BCUT2D eigenvalue weighted by Crippen LogP contribution is 2.22. The van der Waals surface area contributed by atoms with Gasteiger partial charge in [0.2, 0.25) is 0 Å². The second-order valence-electron chi connectivity index (χ2n) is 7.30. The molecule has 1 aliphatic rings. The number of aromatic nitrogens is 2. The summed E-state index contributed by atoms with van der Waals surface area (Å²) in [6, 6.07) is 6.03. The van der Waals surface area contributed by atoms with Gasteiger partial charge < -0.3 is 10.1 Å². The number of carbonyl (C=O) groups is 1. The lowest BCUT2D eigenvalue weighted by Crippen LogP contribution is -2.48. The number of amides is 1. The number of benzene rings is 1. The molecule has 6 nitrogen and oxygen atoms in total. The van der Waals surface area contributed by atoms with Crippen molar-refractivity contribution in [3.63, 3.8) is 0 Å². The Labute approximate surface area is 169 Å². The first-order valence-electron chi connectivity index (χ1n) is 9.47. The van der Waals surface area contributed by atoms with Crippen LogP contribution in [0.5, 0.6) is 0 Å². The lowest BCUT2D eigenvalue weighted by Gasteiger charge is -2.33. The van der Waals surface area contributed by atoms with Gasteiger partial charge in [0.25, 0.3) is 5.91 Å². The summed E-state index contributed by atoms with van der Waals surface area (Å²) >= 11 is 1.43. The molecular formula is C20H27FN4O2S. The number of thioether (sulfide) groups is 1. The maximum atomic E-state index is 13.3. The van der Waals surface area contributed by atoms with E-state index in [1.165, 1.54) is 23.9 Å². The Hall–Kier alpha value is -1.90. The van der Waals surface area contributed by atoms with Crippen LogP contribution in [0.15, 0.2) is 35.6 Å². The molecule has 0 saturated carbocycles. The van der Waals surface area contributed by atoms with E-state index in [0.717, 1.165) is 19.6 Å². The zero-order valence-corrected chi connectivity index (χ0v) is 17.3. The topological polar surface area (TPSA) is 59.4 Å². The van der Waals surface area contributed by atoms with Gasteiger partial charge in [0.1, 0.15) is 11.5 Å². The Kier molecular flexibility index (Phi) is 7.09. The molecule has 152 valence electrons. The Morgan fingerprint density at radius 1 is 1.39 bits per heavy atom. The van der Waals surface area contributed by atoms with Crippen LogP contribution in [0.25, 0.3) is 5.69 Å². The van der Waals surface area contributed by atoms with Crippen LogP contribution in [0.4, 0.5) is 4.39 Å². The van der Waals surface area contributed by atoms with Crippen LogP contribution >= 0.6 is 11.8 Å². The summed E-state index contributed by atoms with van der Waals surface area (Å²) in [4.78, 5) is 19.5. The van der Waals surface area contributed by atoms with E-state index in [0.29, 0.717) is 35.6 Å². The number of rotatable bonds is 7. The van der Waals surface area contributed by atoms with Gasteiger partial charge in [-0.25, -0.2) is 9.37 Å². The molecular weight excluding hydrogens is 379 g/mol. The van der Waals surface area contributed by atoms with Crippen molar-refractivity contribution in [2.45, 2.75) is 25.1 Å². The van der Waals surface area contributed by atoms with Crippen molar-refractivity contribution in [3.8, 4) is 5.69 Å². The van der Waals surface area contributed by atoms with Crippen molar-refractivity contribution >= 4 is 17.7 Å². The minimum absolute atomic E-state index is 0.0290. The molecule has 0 radical (unpaired) electrons. The number of hydrogen-bond donors (Lipinski definition) is 1. The van der Waals surface area contributed by atoms with E-state index in [9.17, 15) is 9.18 Å². The highest BCUT2D eigenvalue weighted by atomic mass is 32.2. The van der Waals surface area contributed by atoms with Gasteiger partial charge in [-0.2, -0.15) is 0 Å². The van der Waals surface area contributed by atoms with Crippen LogP contribution in [0.3, 0.4) is 0 Å². The lowest BCUT2D eigenvalue weighted by atomic mass is 10.2. The van der Waals surface area contributed by atoms with Crippen molar-refractivity contribution in [1.82, 2.24) is 19.8 Å². The molecule has 1 atom stereocenters. The Morgan fingerprint density at radius 3 is 2.82 bits per heavy atom. The highest BCUT2D eigenvalue weighted by Gasteiger charge is 2.23. The Bertz CT molecular complexity index is 794. The molecule has 3 rings (SSSR count). The predicted molar refractivity (Wildman–Crippen MR) is 109 cm³/mol. The van der Waals surface area contributed by atoms with Gasteiger partial charge in [-0.05, 0) is 36.4 Å². The number of hydrogen-bond acceptors (Lipinski definition) is 5. The van der Waals surface area contributed by atoms with Crippen LogP contribution in [0.2, 0.25) is 0 Å². The molecule has 1 unspecified atom stereocenters. The third-order valence-electron chi connectivity index (χ3n) is 4.57. The third-order valence-corrected chi connectivity index (χ3v) is 5.22. The molecule has 2 aromatic rings. The Morgan fingerprint density at radius 2 is 2.14 bits per heavy atom. The largest absolute Gasteiger partial charge is 0.374 e. The van der Waals surface area contributed by atoms with Gasteiger partial charge >= 0.3 is 0 Å². The van der Waals surface area contributed by atoms with E-state index < -0.39 is 0 Å². The molecule has 2 heterocycles. The van der Waals surface area contributed by atoms with E-state index in [2.05, 4.69) is 29.0 Å². The maximum absolute atomic E-state index is 13.3. The van der Waals surface area contributed by atoms with E-state index in [1.54, 1.807) is 22.9 Å². The van der Waals surface area contributed by atoms with Crippen LogP contribution in [0, 0.1) is 11.7 Å². The summed E-state index contributed by atoms with van der Waals surface area (Å²) in [5, 5.41) is 3.64. The first kappa shape index (κ1) is 20.8. The van der Waals surface area contributed by atoms with E-state index >= 15 is 0 Å². The summed E-state index contributed by atoms with van der Waals surface area (Å²) in [6.45, 7) is 8.29. The van der Waals surface area contributed by atoms with Crippen molar-refractivity contribution in [1.29, 1.82) is 0 Å². The minimum atomic E-state index is -0.319. The first-order chi connectivity index (χ1) is 13.5. The Balaban J connectivity index is 1.68. The fourth-order valence-electron chi connectivity index (χ4n) is 3.36. The number of ether oxygens (including phenoxy) is 1. The number of nitrogens with zero attached hydrogens (tertiary/aromatic N) is 3. The summed E-state index contributed by atoms with van der Waals surface area (Å²) < 4.78 is 20.8. The van der Waals surface area contributed by atoms with Crippen LogP contribution in [-0.4, -0.2) is 65.5 Å². The van der Waals surface area contributed by atoms with Crippen molar-refractivity contribution in [3.05, 3.63) is 42.0 Å². The number of carbonyl (C=O) groups excluding carboxylic acids is 1. The molecule has 1 saturated heterocycles. The monoisotopic (exact) mass is 406 g/mol. The average Bonchev–Trinajstić information content (AvgIpc) is 3.10. The van der Waals surface area contributed by atoms with Gasteiger partial charge in [0, 0.05) is 31.9 Å². The standard InChI is InChI=1S/C20H27FN4O2S/c1-14(2)12-24-8-9-27-17(13-24)10-22-19(26)18-11-23-20(28-3)25(18)16-6-4-15(21)5-7-16/h4-7,11,14,17H,8-10,12-13H2,1-3H3,(H,22,26). The fourth-order valence-corrected chi connectivity index (χ4v) is 3.91. The average molecular weight is 407 g/mol. The molecule has 0 aliphatic carbocycles. The lowest BCUT2D eigenvalue weighted by molar-refractivity contribution is -0.0296. The molecule has 1 N–H and O–H groups in total. The van der Waals surface area contributed by atoms with Gasteiger partial charge in [-0.1, -0.05) is 25.6 Å². The van der Waals surface area contributed by atoms with Gasteiger partial charge in [0.15, 0.2) is 5.16 Å². The molecule has 1 aliphatic heterocycles. The zero-order chi connectivity index (χ0) is 20.1. The quantitative estimate of drug-likeness (QED) is 0.717. The zero-order valence-electron chi connectivity index (χ0n) is 16.5. The first-order valence-corrected chi connectivity index (χ1v) is 10.7. The molecule has 1 fully saturated rings. The number of halogens is 1. The molecule has 8 heteroatoms. The van der Waals surface area contributed by atoms with E-state index in [-0.39, 0.29) is 17.8 Å². The van der Waals surface area contributed by atoms with Crippen molar-refractivity contribution < 1.29 is 13.9 Å². The normalized spacial score (nSPS) is 17.8. The van der Waals surface area contributed by atoms with E-state index in [1.807, 2.05) is 6.26 Å². The number of morpholine rings is 1. The van der Waals surface area contributed by atoms with Crippen LogP contribution in [-0.2, 0) is 4.74 Å². The summed E-state index contributed by atoms with van der Waals surface area (Å²) in [5.74, 6) is 0.0611. The minimum Gasteiger partial charge on any atom is -0.374 e. The molecule has 1 aromatic heterocycles. The smallest absolute Gasteiger partial charge is 0.270 e. The highest BCUT2D eigenvalue weighted by molar-refractivity contribution is 7.98. The van der Waals surface area contributed by atoms with Crippen LogP contribution in [0.1, 0.15) is 24.3 Å². The molecule has 28 heavy (non-hydrogen) atoms. The molecule has 1 aromatic carbocycles. The van der Waals surface area contributed by atoms with Gasteiger partial charge in [-0.3, -0.25) is 14.3 Å². The number of nitrogens with one attached hydrogen (secondary N) is 1. The fraction of sp³-hybridized carbons (Fsp3) is 0.500. The second-order valence-corrected chi connectivity index (χ2v) is 8.07. The summed E-state index contributed by atoms with van der Waals surface area (Å²) in [7, 11) is 0. The predicted octanol–water partition coefficient (Wildman–Crippen LogP) is 2.82. The molecule has 0 bridgehead atoms. The maximum Gasteiger partial charge on any atom is 0.270 e. The number of imidazole rings is 1.